The second-order valence-corrected chi connectivity index (χ2v) is 4.59. The zero-order chi connectivity index (χ0) is 14.7. The Labute approximate surface area is 116 Å². The topological polar surface area (TPSA) is 83.7 Å². The molecule has 0 unspecified atom stereocenters. The van der Waals surface area contributed by atoms with Crippen LogP contribution in [0.2, 0.25) is 0 Å². The quantitative estimate of drug-likeness (QED) is 0.864. The number of aryl methyl sites for hydroxylation is 2. The molecule has 0 radical (unpaired) electrons. The normalized spacial score (nSPS) is 10.7. The van der Waals surface area contributed by atoms with Crippen molar-refractivity contribution >= 4 is 17.5 Å². The van der Waals surface area contributed by atoms with E-state index in [0.717, 1.165) is 11.2 Å². The van der Waals surface area contributed by atoms with E-state index in [1.165, 1.54) is 0 Å². The largest absolute Gasteiger partial charge is 0.481 e. The van der Waals surface area contributed by atoms with Crippen LogP contribution in [0.5, 0.6) is 0 Å². The summed E-state index contributed by atoms with van der Waals surface area (Å²) in [6.45, 7) is 3.98. The third-order valence-electron chi connectivity index (χ3n) is 3.01. The molecule has 2 rings (SSSR count). The van der Waals surface area contributed by atoms with E-state index >= 15 is 0 Å². The minimum atomic E-state index is -0.935. The molecule has 20 heavy (non-hydrogen) atoms. The zero-order valence-corrected chi connectivity index (χ0v) is 11.5. The second kappa shape index (κ2) is 5.73. The van der Waals surface area contributed by atoms with Crippen molar-refractivity contribution in [1.82, 2.24) is 14.7 Å². The third-order valence-corrected chi connectivity index (χ3v) is 3.01. The Kier molecular flexibility index (Phi) is 4.02. The number of carbonyl (C=O) groups excluding carboxylic acids is 1. The van der Waals surface area contributed by atoms with E-state index in [-0.39, 0.29) is 18.9 Å². The fourth-order valence-corrected chi connectivity index (χ4v) is 2.05. The van der Waals surface area contributed by atoms with Gasteiger partial charge in [0, 0.05) is 12.7 Å². The lowest BCUT2D eigenvalue weighted by Crippen LogP contribution is -2.28. The van der Waals surface area contributed by atoms with Crippen LogP contribution in [-0.2, 0) is 11.2 Å². The molecule has 2 N–H and O–H groups in total. The van der Waals surface area contributed by atoms with Crippen LogP contribution in [0.4, 0.5) is 0 Å². The summed E-state index contributed by atoms with van der Waals surface area (Å²) in [6, 6.07) is 3.80. The van der Waals surface area contributed by atoms with E-state index in [1.807, 2.05) is 32.2 Å². The number of aliphatic carboxylic acids is 1. The molecule has 1 amide bonds. The average molecular weight is 275 g/mol. The minimum Gasteiger partial charge on any atom is -0.481 e. The molecule has 6 heteroatoms. The van der Waals surface area contributed by atoms with Gasteiger partial charge in [-0.1, -0.05) is 13.0 Å². The predicted octanol–water partition coefficient (Wildman–Crippen LogP) is 1.41. The summed E-state index contributed by atoms with van der Waals surface area (Å²) in [7, 11) is 0. The van der Waals surface area contributed by atoms with Crippen molar-refractivity contribution in [3.63, 3.8) is 0 Å². The van der Waals surface area contributed by atoms with Gasteiger partial charge in [0.2, 0.25) is 0 Å². The van der Waals surface area contributed by atoms with Gasteiger partial charge in [-0.25, -0.2) is 4.98 Å². The van der Waals surface area contributed by atoms with Gasteiger partial charge in [0.15, 0.2) is 0 Å². The van der Waals surface area contributed by atoms with Crippen LogP contribution >= 0.6 is 0 Å². The highest BCUT2D eigenvalue weighted by molar-refractivity contribution is 5.94. The molecule has 0 atom stereocenters. The molecule has 0 saturated carbocycles. The molecule has 106 valence electrons. The number of pyridine rings is 1. The smallest absolute Gasteiger partial charge is 0.305 e. The van der Waals surface area contributed by atoms with Crippen molar-refractivity contribution < 1.29 is 14.7 Å². The Morgan fingerprint density at radius 2 is 2.15 bits per heavy atom. The lowest BCUT2D eigenvalue weighted by atomic mass is 10.2. The summed E-state index contributed by atoms with van der Waals surface area (Å²) in [5.74, 6) is -1.23. The van der Waals surface area contributed by atoms with Crippen LogP contribution in [0.15, 0.2) is 18.3 Å². The van der Waals surface area contributed by atoms with Crippen molar-refractivity contribution in [3.8, 4) is 0 Å². The highest BCUT2D eigenvalue weighted by atomic mass is 16.4. The molecule has 2 heterocycles. The van der Waals surface area contributed by atoms with Gasteiger partial charge in [0.05, 0.1) is 12.1 Å². The number of imidazole rings is 1. The number of nitrogens with one attached hydrogen (secondary N) is 1. The summed E-state index contributed by atoms with van der Waals surface area (Å²) < 4.78 is 1.75. The Bertz CT molecular complexity index is 661. The second-order valence-electron chi connectivity index (χ2n) is 4.59. The molecule has 0 saturated heterocycles. The Morgan fingerprint density at radius 3 is 2.80 bits per heavy atom. The van der Waals surface area contributed by atoms with Gasteiger partial charge in [0.25, 0.3) is 5.91 Å². The monoisotopic (exact) mass is 275 g/mol. The lowest BCUT2D eigenvalue weighted by Gasteiger charge is -2.05. The zero-order valence-electron chi connectivity index (χ0n) is 11.5. The Balaban J connectivity index is 2.33. The summed E-state index contributed by atoms with van der Waals surface area (Å²) in [6.07, 6.45) is 2.40. The average Bonchev–Trinajstić information content (AvgIpc) is 2.75. The highest BCUT2D eigenvalue weighted by Gasteiger charge is 2.18. The van der Waals surface area contributed by atoms with Gasteiger partial charge in [-0.15, -0.1) is 0 Å². The van der Waals surface area contributed by atoms with Crippen LogP contribution in [-0.4, -0.2) is 32.9 Å². The van der Waals surface area contributed by atoms with Gasteiger partial charge in [-0.05, 0) is 25.0 Å². The molecule has 0 spiro atoms. The molecule has 0 fully saturated rings. The van der Waals surface area contributed by atoms with Crippen molar-refractivity contribution in [2.24, 2.45) is 0 Å². The summed E-state index contributed by atoms with van der Waals surface area (Å²) >= 11 is 0. The first-order valence-corrected chi connectivity index (χ1v) is 6.50. The number of amides is 1. The maximum Gasteiger partial charge on any atom is 0.305 e. The Hall–Kier alpha value is -2.37. The van der Waals surface area contributed by atoms with E-state index in [9.17, 15) is 9.59 Å². The number of rotatable bonds is 5. The third kappa shape index (κ3) is 2.79. The number of carboxylic acids is 1. The maximum absolute atomic E-state index is 12.2. The first-order valence-electron chi connectivity index (χ1n) is 6.50. The predicted molar refractivity (Wildman–Crippen MR) is 73.9 cm³/mol. The number of nitrogens with zero attached hydrogens (tertiary/aromatic N) is 2. The van der Waals surface area contributed by atoms with Gasteiger partial charge in [-0.2, -0.15) is 0 Å². The maximum atomic E-state index is 12.2. The van der Waals surface area contributed by atoms with Crippen molar-refractivity contribution in [3.05, 3.63) is 35.3 Å². The molecule has 0 aromatic carbocycles. The van der Waals surface area contributed by atoms with Crippen LogP contribution in [0.1, 0.15) is 35.1 Å². The molecule has 0 aliphatic carbocycles. The first-order chi connectivity index (χ1) is 9.52. The summed E-state index contributed by atoms with van der Waals surface area (Å²) in [4.78, 5) is 27.1. The van der Waals surface area contributed by atoms with Gasteiger partial charge < -0.3 is 10.4 Å². The first kappa shape index (κ1) is 14.0. The number of hydrogen-bond acceptors (Lipinski definition) is 3. The molecular weight excluding hydrogens is 258 g/mol. The number of aromatic nitrogens is 2. The van der Waals surface area contributed by atoms with Crippen molar-refractivity contribution in [2.45, 2.75) is 26.7 Å². The molecule has 0 bridgehead atoms. The van der Waals surface area contributed by atoms with E-state index in [4.69, 9.17) is 5.11 Å². The van der Waals surface area contributed by atoms with Gasteiger partial charge in [0.1, 0.15) is 11.3 Å². The molecule has 0 aliphatic heterocycles. The Morgan fingerprint density at radius 1 is 1.40 bits per heavy atom. The number of fused-ring (bicyclic) bond motifs is 1. The van der Waals surface area contributed by atoms with E-state index < -0.39 is 5.97 Å². The van der Waals surface area contributed by atoms with Crippen LogP contribution in [0.3, 0.4) is 0 Å². The summed E-state index contributed by atoms with van der Waals surface area (Å²) in [5, 5.41) is 11.2. The highest BCUT2D eigenvalue weighted by Crippen LogP contribution is 2.14. The van der Waals surface area contributed by atoms with E-state index in [1.54, 1.807) is 4.40 Å². The van der Waals surface area contributed by atoms with Crippen molar-refractivity contribution in [2.75, 3.05) is 6.54 Å². The van der Waals surface area contributed by atoms with Gasteiger partial charge in [-0.3, -0.25) is 14.0 Å². The molecule has 6 nitrogen and oxygen atoms in total. The van der Waals surface area contributed by atoms with Crippen LogP contribution < -0.4 is 5.32 Å². The standard InChI is InChI=1S/C14H17N3O3/c1-3-10-13(14(20)15-7-6-12(18)19)17-8-9(2)4-5-11(17)16-10/h4-5,8H,3,6-7H2,1-2H3,(H,15,20)(H,18,19). The fraction of sp³-hybridized carbons (Fsp3) is 0.357. The van der Waals surface area contributed by atoms with Gasteiger partial charge >= 0.3 is 5.97 Å². The number of carboxylic acid groups (broad SMARTS) is 1. The van der Waals surface area contributed by atoms with E-state index in [0.29, 0.717) is 17.8 Å². The molecule has 2 aromatic heterocycles. The SMILES string of the molecule is CCc1nc2ccc(C)cn2c1C(=O)NCCC(=O)O. The van der Waals surface area contributed by atoms with Crippen LogP contribution in [0.25, 0.3) is 5.65 Å². The minimum absolute atomic E-state index is 0.0943. The molecular formula is C14H17N3O3. The van der Waals surface area contributed by atoms with Crippen molar-refractivity contribution in [1.29, 1.82) is 0 Å². The van der Waals surface area contributed by atoms with E-state index in [2.05, 4.69) is 10.3 Å². The van der Waals surface area contributed by atoms with Crippen LogP contribution in [0, 0.1) is 6.92 Å². The lowest BCUT2D eigenvalue weighted by molar-refractivity contribution is -0.136. The fourth-order valence-electron chi connectivity index (χ4n) is 2.05. The number of carbonyl (C=O) groups is 2. The molecule has 0 aliphatic rings. The summed E-state index contributed by atoms with van der Waals surface area (Å²) in [5.41, 5.74) is 2.94. The number of hydrogen-bond donors (Lipinski definition) is 2. The molecule has 2 aromatic rings.